The highest BCUT2D eigenvalue weighted by Gasteiger charge is 2.15. The SMILES string of the molecule is NC(=O)c1ccc2ccc(Cn3cnc4cc(-c5ccccc5S(N)(=O)=O)ccc43)cc2c1. The van der Waals surface area contributed by atoms with Gasteiger partial charge in [-0.15, -0.1) is 0 Å². The van der Waals surface area contributed by atoms with Crippen molar-refractivity contribution in [3.63, 3.8) is 0 Å². The van der Waals surface area contributed by atoms with Gasteiger partial charge in [0.1, 0.15) is 0 Å². The third kappa shape index (κ3) is 3.97. The molecular weight excluding hydrogens is 436 g/mol. The highest BCUT2D eigenvalue weighted by Crippen LogP contribution is 2.29. The van der Waals surface area contributed by atoms with Gasteiger partial charge in [-0.05, 0) is 58.3 Å². The highest BCUT2D eigenvalue weighted by molar-refractivity contribution is 7.89. The Morgan fingerprint density at radius 1 is 0.909 bits per heavy atom. The van der Waals surface area contributed by atoms with Crippen molar-refractivity contribution in [3.8, 4) is 11.1 Å². The van der Waals surface area contributed by atoms with E-state index in [0.29, 0.717) is 17.7 Å². The number of nitrogens with two attached hydrogens (primary N) is 2. The number of fused-ring (bicyclic) bond motifs is 2. The van der Waals surface area contributed by atoms with Crippen LogP contribution in [0.25, 0.3) is 32.9 Å². The molecule has 4 aromatic carbocycles. The largest absolute Gasteiger partial charge is 0.366 e. The summed E-state index contributed by atoms with van der Waals surface area (Å²) in [6, 6.07) is 23.8. The van der Waals surface area contributed by atoms with Gasteiger partial charge in [-0.2, -0.15) is 0 Å². The van der Waals surface area contributed by atoms with Gasteiger partial charge in [0.2, 0.25) is 15.9 Å². The van der Waals surface area contributed by atoms with E-state index >= 15 is 0 Å². The van der Waals surface area contributed by atoms with E-state index in [9.17, 15) is 13.2 Å². The summed E-state index contributed by atoms with van der Waals surface area (Å²) < 4.78 is 26.0. The Labute approximate surface area is 190 Å². The second-order valence-electron chi connectivity index (χ2n) is 7.88. The Balaban J connectivity index is 1.51. The quantitative estimate of drug-likeness (QED) is 0.419. The third-order valence-electron chi connectivity index (χ3n) is 5.67. The maximum Gasteiger partial charge on any atom is 0.248 e. The van der Waals surface area contributed by atoms with Gasteiger partial charge >= 0.3 is 0 Å². The number of sulfonamides is 1. The summed E-state index contributed by atoms with van der Waals surface area (Å²) in [6.45, 7) is 0.584. The van der Waals surface area contributed by atoms with Crippen molar-refractivity contribution in [2.75, 3.05) is 0 Å². The average molecular weight is 457 g/mol. The number of primary amides is 1. The fourth-order valence-corrected chi connectivity index (χ4v) is 4.82. The zero-order valence-corrected chi connectivity index (χ0v) is 18.3. The van der Waals surface area contributed by atoms with Gasteiger partial charge in [0, 0.05) is 17.7 Å². The predicted molar refractivity (Wildman–Crippen MR) is 128 cm³/mol. The van der Waals surface area contributed by atoms with Crippen molar-refractivity contribution in [1.29, 1.82) is 0 Å². The molecule has 1 amide bonds. The van der Waals surface area contributed by atoms with Crippen molar-refractivity contribution in [2.24, 2.45) is 10.9 Å². The van der Waals surface area contributed by atoms with E-state index in [1.807, 2.05) is 47.0 Å². The molecule has 0 fully saturated rings. The smallest absolute Gasteiger partial charge is 0.248 e. The van der Waals surface area contributed by atoms with Crippen LogP contribution in [0.4, 0.5) is 0 Å². The van der Waals surface area contributed by atoms with Gasteiger partial charge in [0.15, 0.2) is 0 Å². The lowest BCUT2D eigenvalue weighted by molar-refractivity contribution is 0.100. The average Bonchev–Trinajstić information content (AvgIpc) is 3.20. The number of hydrogen-bond donors (Lipinski definition) is 2. The number of carbonyl (C=O) groups is 1. The molecule has 4 N–H and O–H groups in total. The summed E-state index contributed by atoms with van der Waals surface area (Å²) in [7, 11) is -3.85. The Bertz CT molecular complexity index is 1660. The van der Waals surface area contributed by atoms with Gasteiger partial charge in [-0.25, -0.2) is 18.5 Å². The molecule has 0 atom stereocenters. The lowest BCUT2D eigenvalue weighted by Gasteiger charge is -2.09. The summed E-state index contributed by atoms with van der Waals surface area (Å²) in [5.41, 5.74) is 9.85. The standard InChI is InChI=1S/C25H20N4O3S/c26-25(30)19-8-7-17-6-5-16(11-20(17)12-19)14-29-15-28-22-13-18(9-10-23(22)29)21-3-1-2-4-24(21)33(27,31)32/h1-13,15H,14H2,(H2,26,30)(H2,27,31,32). The van der Waals surface area contributed by atoms with Crippen LogP contribution in [0, 0.1) is 0 Å². The lowest BCUT2D eigenvalue weighted by Crippen LogP contribution is -2.13. The summed E-state index contributed by atoms with van der Waals surface area (Å²) in [5.74, 6) is -0.456. The number of nitrogens with zero attached hydrogens (tertiary/aromatic N) is 2. The molecule has 0 aliphatic rings. The molecule has 8 heteroatoms. The molecule has 164 valence electrons. The number of imidazole rings is 1. The first-order valence-corrected chi connectivity index (χ1v) is 11.7. The first kappa shape index (κ1) is 20.9. The Hall–Kier alpha value is -4.01. The molecule has 5 aromatic rings. The number of benzene rings is 4. The minimum absolute atomic E-state index is 0.0790. The fraction of sp³-hybridized carbons (Fsp3) is 0.0400. The maximum atomic E-state index is 12.0. The van der Waals surface area contributed by atoms with E-state index in [-0.39, 0.29) is 4.90 Å². The molecule has 0 radical (unpaired) electrons. The van der Waals surface area contributed by atoms with Crippen LogP contribution >= 0.6 is 0 Å². The molecule has 0 aliphatic heterocycles. The molecule has 1 heterocycles. The Kier molecular flexibility index (Phi) is 4.96. The molecule has 0 saturated heterocycles. The number of amides is 1. The predicted octanol–water partition coefficient (Wildman–Crippen LogP) is 3.65. The van der Waals surface area contributed by atoms with E-state index in [1.54, 1.807) is 36.7 Å². The minimum Gasteiger partial charge on any atom is -0.366 e. The van der Waals surface area contributed by atoms with Crippen molar-refractivity contribution in [2.45, 2.75) is 11.4 Å². The van der Waals surface area contributed by atoms with E-state index in [1.165, 1.54) is 6.07 Å². The normalized spacial score (nSPS) is 11.8. The number of aromatic nitrogens is 2. The van der Waals surface area contributed by atoms with Gasteiger partial charge in [0.05, 0.1) is 22.3 Å². The summed E-state index contributed by atoms with van der Waals surface area (Å²) >= 11 is 0. The molecule has 0 bridgehead atoms. The van der Waals surface area contributed by atoms with Gasteiger partial charge in [0.25, 0.3) is 0 Å². The first-order valence-electron chi connectivity index (χ1n) is 10.2. The Morgan fingerprint density at radius 3 is 2.48 bits per heavy atom. The van der Waals surface area contributed by atoms with Crippen molar-refractivity contribution in [1.82, 2.24) is 9.55 Å². The van der Waals surface area contributed by atoms with Crippen LogP contribution in [0.5, 0.6) is 0 Å². The van der Waals surface area contributed by atoms with E-state index in [4.69, 9.17) is 10.9 Å². The molecule has 0 unspecified atom stereocenters. The van der Waals surface area contributed by atoms with Crippen LogP contribution in [0.15, 0.2) is 90.1 Å². The molecule has 1 aromatic heterocycles. The van der Waals surface area contributed by atoms with Crippen LogP contribution in [0.1, 0.15) is 15.9 Å². The van der Waals surface area contributed by atoms with Crippen LogP contribution in [-0.2, 0) is 16.6 Å². The highest BCUT2D eigenvalue weighted by atomic mass is 32.2. The number of carbonyl (C=O) groups excluding carboxylic acids is 1. The minimum atomic E-state index is -3.85. The molecular formula is C25H20N4O3S. The zero-order valence-electron chi connectivity index (χ0n) is 17.5. The molecule has 0 saturated carbocycles. The van der Waals surface area contributed by atoms with Gasteiger partial charge in [-0.1, -0.05) is 42.5 Å². The molecule has 7 nitrogen and oxygen atoms in total. The molecule has 5 rings (SSSR count). The summed E-state index contributed by atoms with van der Waals surface area (Å²) in [6.07, 6.45) is 1.75. The van der Waals surface area contributed by atoms with Gasteiger partial charge in [-0.3, -0.25) is 4.79 Å². The third-order valence-corrected chi connectivity index (χ3v) is 6.64. The van der Waals surface area contributed by atoms with Crippen LogP contribution < -0.4 is 10.9 Å². The maximum absolute atomic E-state index is 12.0. The number of hydrogen-bond acceptors (Lipinski definition) is 4. The number of rotatable bonds is 5. The van der Waals surface area contributed by atoms with E-state index in [2.05, 4.69) is 4.98 Å². The van der Waals surface area contributed by atoms with Crippen LogP contribution in [0.3, 0.4) is 0 Å². The Morgan fingerprint density at radius 2 is 1.70 bits per heavy atom. The lowest BCUT2D eigenvalue weighted by atomic mass is 10.0. The topological polar surface area (TPSA) is 121 Å². The molecule has 0 aliphatic carbocycles. The monoisotopic (exact) mass is 456 g/mol. The van der Waals surface area contributed by atoms with Crippen LogP contribution in [0.2, 0.25) is 0 Å². The van der Waals surface area contributed by atoms with E-state index in [0.717, 1.165) is 32.9 Å². The van der Waals surface area contributed by atoms with Gasteiger partial charge < -0.3 is 10.3 Å². The molecule has 33 heavy (non-hydrogen) atoms. The summed E-state index contributed by atoms with van der Waals surface area (Å²) in [4.78, 5) is 16.1. The summed E-state index contributed by atoms with van der Waals surface area (Å²) in [5, 5.41) is 7.36. The van der Waals surface area contributed by atoms with Crippen molar-refractivity contribution in [3.05, 3.63) is 96.3 Å². The van der Waals surface area contributed by atoms with Crippen LogP contribution in [-0.4, -0.2) is 23.9 Å². The second kappa shape index (κ2) is 7.84. The fourth-order valence-electron chi connectivity index (χ4n) is 4.06. The number of primary sulfonamides is 1. The van der Waals surface area contributed by atoms with Crippen molar-refractivity contribution < 1.29 is 13.2 Å². The molecule has 0 spiro atoms. The second-order valence-corrected chi connectivity index (χ2v) is 9.41. The first-order chi connectivity index (χ1) is 15.8. The van der Waals surface area contributed by atoms with Crippen molar-refractivity contribution >= 4 is 37.7 Å². The zero-order chi connectivity index (χ0) is 23.2. The van der Waals surface area contributed by atoms with E-state index < -0.39 is 15.9 Å².